The van der Waals surface area contributed by atoms with Gasteiger partial charge in [-0.1, -0.05) is 48.9 Å². The second-order valence-corrected chi connectivity index (χ2v) is 2.84. The Kier molecular flexibility index (Phi) is 4.13. The van der Waals surface area contributed by atoms with E-state index in [9.17, 15) is 0 Å². The predicted octanol–water partition coefficient (Wildman–Crippen LogP) is 2.45. The quantitative estimate of drug-likeness (QED) is 0.368. The minimum Gasteiger partial charge on any atom is -0.0976 e. The van der Waals surface area contributed by atoms with Crippen molar-refractivity contribution < 1.29 is 0 Å². The van der Waals surface area contributed by atoms with Crippen molar-refractivity contribution >= 4 is 23.2 Å². The molecule has 0 aliphatic carbocycles. The monoisotopic (exact) mass is 150 g/mol. The van der Waals surface area contributed by atoms with Crippen LogP contribution in [0.25, 0.3) is 0 Å². The smallest absolute Gasteiger partial charge is 0.0976 e. The lowest BCUT2D eigenvalue weighted by Crippen LogP contribution is -1.82. The van der Waals surface area contributed by atoms with Gasteiger partial charge in [0.05, 0.1) is 0 Å². The lowest BCUT2D eigenvalue weighted by Gasteiger charge is -1.86. The molecule has 0 aliphatic heterocycles. The topological polar surface area (TPSA) is 0 Å². The molecule has 0 radical (unpaired) electrons. The Morgan fingerprint density at radius 3 is 1.75 bits per heavy atom. The van der Waals surface area contributed by atoms with E-state index in [0.717, 1.165) is 0 Å². The van der Waals surface area contributed by atoms with Gasteiger partial charge in [-0.2, -0.15) is 0 Å². The molecule has 0 nitrogen and oxygen atoms in total. The van der Waals surface area contributed by atoms with Crippen LogP contribution in [0.4, 0.5) is 0 Å². The fraction of sp³-hybridized carbons (Fsp3) is 0.667. The van der Waals surface area contributed by atoms with Gasteiger partial charge in [0.2, 0.25) is 0 Å². The SMILES string of the molecule is CC(C)C#CC(Cl)Cl. The summed E-state index contributed by atoms with van der Waals surface area (Å²) in [5, 5.41) is 0. The van der Waals surface area contributed by atoms with E-state index in [1.54, 1.807) is 0 Å². The van der Waals surface area contributed by atoms with Gasteiger partial charge in [-0.05, 0) is 0 Å². The van der Waals surface area contributed by atoms with Gasteiger partial charge in [-0.3, -0.25) is 0 Å². The lowest BCUT2D eigenvalue weighted by atomic mass is 10.2. The molecule has 0 aromatic heterocycles. The van der Waals surface area contributed by atoms with Crippen LogP contribution in [-0.4, -0.2) is 4.84 Å². The fourth-order valence-corrected chi connectivity index (χ4v) is 0.356. The largest absolute Gasteiger partial charge is 0.167 e. The van der Waals surface area contributed by atoms with Crippen LogP contribution in [0.5, 0.6) is 0 Å². The Hall–Kier alpha value is 0.140. The van der Waals surface area contributed by atoms with E-state index in [0.29, 0.717) is 5.92 Å². The van der Waals surface area contributed by atoms with Crippen LogP contribution in [0.2, 0.25) is 0 Å². The molecule has 0 rings (SSSR count). The number of hydrogen-bond donors (Lipinski definition) is 0. The molecule has 0 spiro atoms. The van der Waals surface area contributed by atoms with Crippen molar-refractivity contribution in [3.8, 4) is 11.8 Å². The zero-order chi connectivity index (χ0) is 6.57. The van der Waals surface area contributed by atoms with Crippen molar-refractivity contribution in [2.75, 3.05) is 0 Å². The first-order valence-electron chi connectivity index (χ1n) is 2.42. The molecule has 0 heterocycles. The van der Waals surface area contributed by atoms with Crippen molar-refractivity contribution in [2.45, 2.75) is 18.7 Å². The van der Waals surface area contributed by atoms with Gasteiger partial charge >= 0.3 is 0 Å². The molecule has 0 N–H and O–H groups in total. The first-order valence-corrected chi connectivity index (χ1v) is 3.29. The number of alkyl halides is 2. The summed E-state index contributed by atoms with van der Waals surface area (Å²) in [6.45, 7) is 3.98. The third kappa shape index (κ3) is 6.14. The molecule has 46 valence electrons. The second-order valence-electron chi connectivity index (χ2n) is 1.74. The molecule has 0 atom stereocenters. The van der Waals surface area contributed by atoms with E-state index in [4.69, 9.17) is 23.2 Å². The highest BCUT2D eigenvalue weighted by atomic mass is 35.5. The van der Waals surface area contributed by atoms with Gasteiger partial charge in [0, 0.05) is 5.92 Å². The second kappa shape index (κ2) is 4.06. The molecular weight excluding hydrogens is 143 g/mol. The molecule has 0 bridgehead atoms. The van der Waals surface area contributed by atoms with Crippen molar-refractivity contribution in [3.63, 3.8) is 0 Å². The molecule has 0 aromatic carbocycles. The molecule has 0 saturated carbocycles. The van der Waals surface area contributed by atoms with Crippen LogP contribution in [0.3, 0.4) is 0 Å². The molecular formula is C6H8Cl2. The maximum Gasteiger partial charge on any atom is 0.167 e. The Morgan fingerprint density at radius 2 is 1.62 bits per heavy atom. The summed E-state index contributed by atoms with van der Waals surface area (Å²) in [6.07, 6.45) is 0. The van der Waals surface area contributed by atoms with E-state index >= 15 is 0 Å². The average Bonchev–Trinajstić information content (AvgIpc) is 1.61. The van der Waals surface area contributed by atoms with Crippen LogP contribution in [0.15, 0.2) is 0 Å². The van der Waals surface area contributed by atoms with E-state index in [-0.39, 0.29) is 0 Å². The van der Waals surface area contributed by atoms with Gasteiger partial charge in [0.25, 0.3) is 0 Å². The van der Waals surface area contributed by atoms with Gasteiger partial charge in [-0.25, -0.2) is 0 Å². The van der Waals surface area contributed by atoms with Gasteiger partial charge in [0.15, 0.2) is 4.84 Å². The standard InChI is InChI=1S/C6H8Cl2/c1-5(2)3-4-6(7)8/h5-6H,1-2H3. The fourth-order valence-electron chi connectivity index (χ4n) is 0.230. The van der Waals surface area contributed by atoms with Crippen LogP contribution in [0, 0.1) is 17.8 Å². The zero-order valence-electron chi connectivity index (χ0n) is 4.91. The lowest BCUT2D eigenvalue weighted by molar-refractivity contribution is 0.866. The molecule has 2 heteroatoms. The molecule has 0 unspecified atom stereocenters. The van der Waals surface area contributed by atoms with Crippen LogP contribution in [-0.2, 0) is 0 Å². The summed E-state index contributed by atoms with van der Waals surface area (Å²) in [7, 11) is 0. The maximum atomic E-state index is 5.31. The first-order chi connectivity index (χ1) is 3.63. The van der Waals surface area contributed by atoms with Crippen molar-refractivity contribution in [1.82, 2.24) is 0 Å². The summed E-state index contributed by atoms with van der Waals surface area (Å²) >= 11 is 10.6. The van der Waals surface area contributed by atoms with E-state index in [1.807, 2.05) is 13.8 Å². The highest BCUT2D eigenvalue weighted by Crippen LogP contribution is 1.98. The van der Waals surface area contributed by atoms with Gasteiger partial charge in [-0.15, -0.1) is 0 Å². The molecule has 8 heavy (non-hydrogen) atoms. The maximum absolute atomic E-state index is 5.31. The minimum absolute atomic E-state index is 0.356. The summed E-state index contributed by atoms with van der Waals surface area (Å²) in [6, 6.07) is 0. The van der Waals surface area contributed by atoms with Gasteiger partial charge < -0.3 is 0 Å². The van der Waals surface area contributed by atoms with Crippen molar-refractivity contribution in [2.24, 2.45) is 5.92 Å². The molecule has 0 saturated heterocycles. The Balaban J connectivity index is 3.50. The Morgan fingerprint density at radius 1 is 1.12 bits per heavy atom. The van der Waals surface area contributed by atoms with Gasteiger partial charge in [0.1, 0.15) is 0 Å². The molecule has 0 aromatic rings. The predicted molar refractivity (Wildman–Crippen MR) is 38.1 cm³/mol. The summed E-state index contributed by atoms with van der Waals surface area (Å²) in [5.41, 5.74) is 0. The highest BCUT2D eigenvalue weighted by Gasteiger charge is 1.87. The zero-order valence-corrected chi connectivity index (χ0v) is 6.42. The van der Waals surface area contributed by atoms with Crippen LogP contribution in [0.1, 0.15) is 13.8 Å². The molecule has 0 fully saturated rings. The third-order valence-electron chi connectivity index (χ3n) is 0.481. The minimum atomic E-state index is -0.530. The summed E-state index contributed by atoms with van der Waals surface area (Å²) < 4.78 is 0. The normalized spacial score (nSPS) is 9.25. The Bertz CT molecular complexity index is 93.4. The highest BCUT2D eigenvalue weighted by molar-refractivity contribution is 6.46. The number of halogens is 2. The van der Waals surface area contributed by atoms with E-state index < -0.39 is 4.84 Å². The summed E-state index contributed by atoms with van der Waals surface area (Å²) in [5.74, 6) is 5.81. The van der Waals surface area contributed by atoms with Crippen LogP contribution >= 0.6 is 23.2 Å². The van der Waals surface area contributed by atoms with Crippen molar-refractivity contribution in [3.05, 3.63) is 0 Å². The molecule has 0 amide bonds. The Labute approximate surface area is 60.2 Å². The summed E-state index contributed by atoms with van der Waals surface area (Å²) in [4.78, 5) is -0.530. The van der Waals surface area contributed by atoms with E-state index in [2.05, 4.69) is 11.8 Å². The van der Waals surface area contributed by atoms with Crippen LogP contribution < -0.4 is 0 Å². The molecule has 0 aliphatic rings. The van der Waals surface area contributed by atoms with E-state index in [1.165, 1.54) is 0 Å². The third-order valence-corrected chi connectivity index (χ3v) is 0.699. The first kappa shape index (κ1) is 8.14. The van der Waals surface area contributed by atoms with Crippen molar-refractivity contribution in [1.29, 1.82) is 0 Å². The average molecular weight is 151 g/mol. The number of hydrogen-bond acceptors (Lipinski definition) is 0. The number of rotatable bonds is 0.